The van der Waals surface area contributed by atoms with Gasteiger partial charge in [0.15, 0.2) is 0 Å². The molecule has 1 N–H and O–H groups in total. The SMILES string of the molecule is O=[N+]([O-])c1ccc(COC2(Cl)N=C(Cl)NC(Cl)=N2)cc1. The first-order chi connectivity index (χ1) is 9.38. The lowest BCUT2D eigenvalue weighted by Gasteiger charge is -2.22. The van der Waals surface area contributed by atoms with Gasteiger partial charge in [0.05, 0.1) is 11.5 Å². The molecule has 0 atom stereocenters. The maximum atomic E-state index is 10.5. The predicted octanol–water partition coefficient (Wildman–Crippen LogP) is 2.75. The number of nitrogens with one attached hydrogen (secondary N) is 1. The van der Waals surface area contributed by atoms with Gasteiger partial charge in [0.25, 0.3) is 5.69 Å². The van der Waals surface area contributed by atoms with Crippen molar-refractivity contribution in [1.82, 2.24) is 5.32 Å². The fourth-order valence-electron chi connectivity index (χ4n) is 1.36. The Morgan fingerprint density at radius 3 is 2.30 bits per heavy atom. The molecule has 0 saturated heterocycles. The van der Waals surface area contributed by atoms with Crippen molar-refractivity contribution in [3.8, 4) is 0 Å². The van der Waals surface area contributed by atoms with Crippen molar-refractivity contribution in [3.63, 3.8) is 0 Å². The Morgan fingerprint density at radius 2 is 1.80 bits per heavy atom. The van der Waals surface area contributed by atoms with Crippen molar-refractivity contribution in [3.05, 3.63) is 39.9 Å². The van der Waals surface area contributed by atoms with E-state index in [-0.39, 0.29) is 22.9 Å². The molecule has 7 nitrogen and oxygen atoms in total. The van der Waals surface area contributed by atoms with Gasteiger partial charge in [-0.2, -0.15) is 9.98 Å². The first kappa shape index (κ1) is 15.0. The third-order valence-electron chi connectivity index (χ3n) is 2.25. The molecule has 2 rings (SSSR count). The number of ether oxygens (including phenoxy) is 1. The van der Waals surface area contributed by atoms with E-state index in [1.165, 1.54) is 24.3 Å². The van der Waals surface area contributed by atoms with Crippen LogP contribution in [0.1, 0.15) is 5.56 Å². The van der Waals surface area contributed by atoms with Gasteiger partial charge < -0.3 is 10.1 Å². The maximum absolute atomic E-state index is 10.5. The molecule has 1 aromatic carbocycles. The van der Waals surface area contributed by atoms with Crippen molar-refractivity contribution in [1.29, 1.82) is 0 Å². The van der Waals surface area contributed by atoms with Crippen LogP contribution >= 0.6 is 34.8 Å². The summed E-state index contributed by atoms with van der Waals surface area (Å²) in [6.45, 7) is 0.0306. The van der Waals surface area contributed by atoms with Gasteiger partial charge in [-0.1, -0.05) is 0 Å². The smallest absolute Gasteiger partial charge is 0.318 e. The van der Waals surface area contributed by atoms with Crippen molar-refractivity contribution >= 4 is 51.1 Å². The van der Waals surface area contributed by atoms with Crippen LogP contribution in [0.3, 0.4) is 0 Å². The fraction of sp³-hybridized carbons (Fsp3) is 0.200. The number of halogens is 3. The number of rotatable bonds is 4. The molecule has 0 aliphatic carbocycles. The van der Waals surface area contributed by atoms with Crippen LogP contribution < -0.4 is 5.32 Å². The van der Waals surface area contributed by atoms with Crippen molar-refractivity contribution in [2.24, 2.45) is 9.98 Å². The quantitative estimate of drug-likeness (QED) is 0.396. The number of nitro benzene ring substituents is 1. The highest BCUT2D eigenvalue weighted by molar-refractivity contribution is 6.73. The van der Waals surface area contributed by atoms with Gasteiger partial charge in [-0.25, -0.2) is 0 Å². The molecule has 106 valence electrons. The summed E-state index contributed by atoms with van der Waals surface area (Å²) in [5.41, 5.74) is 0.644. The van der Waals surface area contributed by atoms with E-state index in [9.17, 15) is 10.1 Å². The third kappa shape index (κ3) is 3.80. The molecule has 20 heavy (non-hydrogen) atoms. The average molecular weight is 338 g/mol. The molecule has 0 amide bonds. The number of nitrogens with zero attached hydrogens (tertiary/aromatic N) is 3. The molecule has 1 aliphatic rings. The van der Waals surface area contributed by atoms with Crippen LogP contribution in [0.25, 0.3) is 0 Å². The first-order valence-corrected chi connectivity index (χ1v) is 6.35. The van der Waals surface area contributed by atoms with Gasteiger partial charge in [0.2, 0.25) is 10.6 Å². The van der Waals surface area contributed by atoms with E-state index in [1.54, 1.807) is 0 Å². The number of aliphatic imine (C=N–C) groups is 2. The molecule has 0 radical (unpaired) electrons. The second-order valence-electron chi connectivity index (χ2n) is 3.67. The Hall–Kier alpha value is -1.41. The van der Waals surface area contributed by atoms with E-state index in [0.29, 0.717) is 5.56 Å². The largest absolute Gasteiger partial charge is 0.345 e. The Morgan fingerprint density at radius 1 is 1.25 bits per heavy atom. The highest BCUT2D eigenvalue weighted by Gasteiger charge is 2.31. The van der Waals surface area contributed by atoms with Crippen molar-refractivity contribution < 1.29 is 9.66 Å². The van der Waals surface area contributed by atoms with Crippen LogP contribution in [0.5, 0.6) is 0 Å². The second kappa shape index (κ2) is 5.92. The van der Waals surface area contributed by atoms with Gasteiger partial charge in [-0.15, -0.1) is 0 Å². The molecule has 0 spiro atoms. The predicted molar refractivity (Wildman–Crippen MR) is 76.2 cm³/mol. The van der Waals surface area contributed by atoms with Crippen molar-refractivity contribution in [2.45, 2.75) is 11.9 Å². The molecule has 0 fully saturated rings. The lowest BCUT2D eigenvalue weighted by Crippen LogP contribution is -2.36. The van der Waals surface area contributed by atoms with Crippen LogP contribution in [0.2, 0.25) is 0 Å². The third-order valence-corrected chi connectivity index (χ3v) is 2.88. The highest BCUT2D eigenvalue weighted by atomic mass is 35.5. The van der Waals surface area contributed by atoms with E-state index >= 15 is 0 Å². The molecule has 10 heteroatoms. The number of hydrogen-bond acceptors (Lipinski definition) is 6. The minimum Gasteiger partial charge on any atom is -0.318 e. The van der Waals surface area contributed by atoms with Gasteiger partial charge in [0.1, 0.15) is 0 Å². The summed E-state index contributed by atoms with van der Waals surface area (Å²) in [5.74, 6) is 0. The average Bonchev–Trinajstić information content (AvgIpc) is 2.35. The molecule has 0 bridgehead atoms. The monoisotopic (exact) mass is 336 g/mol. The molecule has 0 aromatic heterocycles. The highest BCUT2D eigenvalue weighted by Crippen LogP contribution is 2.26. The number of alkyl halides is 1. The minimum absolute atomic E-state index is 0.0154. The van der Waals surface area contributed by atoms with Crippen LogP contribution in [0.4, 0.5) is 5.69 Å². The van der Waals surface area contributed by atoms with E-state index in [1.807, 2.05) is 0 Å². The summed E-state index contributed by atoms with van der Waals surface area (Å²) in [7, 11) is 0. The van der Waals surface area contributed by atoms with Crippen molar-refractivity contribution in [2.75, 3.05) is 0 Å². The molecule has 1 heterocycles. The molecule has 1 aromatic rings. The molecule has 0 unspecified atom stereocenters. The van der Waals surface area contributed by atoms with Gasteiger partial charge in [0, 0.05) is 12.1 Å². The lowest BCUT2D eigenvalue weighted by molar-refractivity contribution is -0.384. The normalized spacial score (nSPS) is 16.9. The zero-order valence-electron chi connectivity index (χ0n) is 9.72. The van der Waals surface area contributed by atoms with E-state index < -0.39 is 10.2 Å². The van der Waals surface area contributed by atoms with E-state index in [0.717, 1.165) is 0 Å². The first-order valence-electron chi connectivity index (χ1n) is 5.22. The maximum Gasteiger partial charge on any atom is 0.345 e. The Labute approximate surface area is 128 Å². The van der Waals surface area contributed by atoms with Crippen LogP contribution in [-0.4, -0.2) is 20.8 Å². The summed E-state index contributed by atoms with van der Waals surface area (Å²) in [6.07, 6.45) is 0. The lowest BCUT2D eigenvalue weighted by atomic mass is 10.2. The van der Waals surface area contributed by atoms with E-state index in [2.05, 4.69) is 15.3 Å². The Kier molecular flexibility index (Phi) is 4.44. The summed E-state index contributed by atoms with van der Waals surface area (Å²) in [6, 6.07) is 5.79. The summed E-state index contributed by atoms with van der Waals surface area (Å²) in [4.78, 5) is 17.5. The van der Waals surface area contributed by atoms with Gasteiger partial charge in [-0.3, -0.25) is 10.1 Å². The molecule has 0 saturated carbocycles. The summed E-state index contributed by atoms with van der Waals surface area (Å²) in [5, 5.41) is 11.1. The van der Waals surface area contributed by atoms with Crippen LogP contribution in [0, 0.1) is 10.1 Å². The number of nitro groups is 1. The standard InChI is InChI=1S/C10H7Cl3N4O3/c11-8-14-9(12)16-10(13,15-8)20-5-6-1-3-7(4-2-6)17(18)19/h1-4H,5H2,(H,14,15,16). The zero-order valence-corrected chi connectivity index (χ0v) is 12.0. The van der Waals surface area contributed by atoms with Gasteiger partial charge >= 0.3 is 5.31 Å². The second-order valence-corrected chi connectivity index (χ2v) is 4.88. The van der Waals surface area contributed by atoms with E-state index in [4.69, 9.17) is 39.5 Å². The zero-order chi connectivity index (χ0) is 14.8. The molecular weight excluding hydrogens is 330 g/mol. The number of benzene rings is 1. The number of amidine groups is 2. The van der Waals surface area contributed by atoms with Gasteiger partial charge in [-0.05, 0) is 52.5 Å². The van der Waals surface area contributed by atoms with Crippen LogP contribution in [-0.2, 0) is 11.3 Å². The Bertz CT molecular complexity index is 570. The number of hydrogen-bond donors (Lipinski definition) is 1. The van der Waals surface area contributed by atoms with Crippen LogP contribution in [0.15, 0.2) is 34.3 Å². The molecular formula is C10H7Cl3N4O3. The minimum atomic E-state index is -1.75. The topological polar surface area (TPSA) is 89.1 Å². The summed E-state index contributed by atoms with van der Waals surface area (Å²) >= 11 is 17.3. The Balaban J connectivity index is 2.04. The summed E-state index contributed by atoms with van der Waals surface area (Å²) < 4.78 is 5.31. The number of non-ortho nitro benzene ring substituents is 1. The fourth-order valence-corrected chi connectivity index (χ4v) is 2.13. The molecule has 1 aliphatic heterocycles.